The maximum absolute atomic E-state index is 5.86. The van der Waals surface area contributed by atoms with Crippen LogP contribution < -0.4 is 11.1 Å². The molecule has 0 spiro atoms. The maximum atomic E-state index is 5.86. The molecule has 15 heavy (non-hydrogen) atoms. The van der Waals surface area contributed by atoms with Gasteiger partial charge in [0.05, 0.1) is 0 Å². The molecule has 1 saturated carbocycles. The van der Waals surface area contributed by atoms with Gasteiger partial charge in [0.15, 0.2) is 0 Å². The van der Waals surface area contributed by atoms with Crippen molar-refractivity contribution in [1.29, 1.82) is 0 Å². The maximum Gasteiger partial charge on any atom is 0.0347 e. The first-order valence-electron chi connectivity index (χ1n) is 5.59. The van der Waals surface area contributed by atoms with Gasteiger partial charge in [0, 0.05) is 23.2 Å². The van der Waals surface area contributed by atoms with Crippen LogP contribution in [0.15, 0.2) is 24.3 Å². The van der Waals surface area contributed by atoms with Gasteiger partial charge in [0.1, 0.15) is 0 Å². The van der Waals surface area contributed by atoms with E-state index in [2.05, 4.69) is 50.4 Å². The molecule has 2 rings (SSSR count). The minimum atomic E-state index is 0.115. The summed E-state index contributed by atoms with van der Waals surface area (Å²) in [5, 5.41) is 3.48. The largest absolute Gasteiger partial charge is 0.380 e. The van der Waals surface area contributed by atoms with E-state index in [1.165, 1.54) is 11.3 Å². The SMILES string of the molecule is CC(C)(C)Nc1cccc([C@@H]2CC2N)c1. The second kappa shape index (κ2) is 3.53. The van der Waals surface area contributed by atoms with E-state index < -0.39 is 0 Å². The molecule has 0 radical (unpaired) electrons. The van der Waals surface area contributed by atoms with Crippen molar-refractivity contribution in [3.05, 3.63) is 29.8 Å². The molecule has 2 atom stereocenters. The first-order chi connectivity index (χ1) is 6.96. The molecular weight excluding hydrogens is 184 g/mol. The van der Waals surface area contributed by atoms with Crippen LogP contribution >= 0.6 is 0 Å². The average Bonchev–Trinajstić information content (AvgIpc) is 2.80. The summed E-state index contributed by atoms with van der Waals surface area (Å²) in [6, 6.07) is 9.00. The van der Waals surface area contributed by atoms with Crippen molar-refractivity contribution in [2.75, 3.05) is 5.32 Å². The molecule has 82 valence electrons. The summed E-state index contributed by atoms with van der Waals surface area (Å²) >= 11 is 0. The van der Waals surface area contributed by atoms with Crippen LogP contribution in [-0.2, 0) is 0 Å². The number of rotatable bonds is 2. The van der Waals surface area contributed by atoms with Gasteiger partial charge >= 0.3 is 0 Å². The minimum Gasteiger partial charge on any atom is -0.380 e. The van der Waals surface area contributed by atoms with Gasteiger partial charge in [-0.3, -0.25) is 0 Å². The molecule has 1 aromatic rings. The summed E-state index contributed by atoms with van der Waals surface area (Å²) in [6.07, 6.45) is 1.14. The second-order valence-electron chi connectivity index (χ2n) is 5.51. The van der Waals surface area contributed by atoms with E-state index in [9.17, 15) is 0 Å². The zero-order chi connectivity index (χ0) is 11.1. The van der Waals surface area contributed by atoms with Crippen molar-refractivity contribution < 1.29 is 0 Å². The van der Waals surface area contributed by atoms with Gasteiger partial charge in [-0.2, -0.15) is 0 Å². The third-order valence-electron chi connectivity index (χ3n) is 2.67. The molecule has 1 fully saturated rings. The number of nitrogens with one attached hydrogen (secondary N) is 1. The van der Waals surface area contributed by atoms with Gasteiger partial charge < -0.3 is 11.1 Å². The summed E-state index contributed by atoms with van der Waals surface area (Å²) in [7, 11) is 0. The summed E-state index contributed by atoms with van der Waals surface area (Å²) in [4.78, 5) is 0. The van der Waals surface area contributed by atoms with Crippen LogP contribution in [0, 0.1) is 0 Å². The molecule has 0 amide bonds. The van der Waals surface area contributed by atoms with Crippen LogP contribution in [0.5, 0.6) is 0 Å². The zero-order valence-electron chi connectivity index (χ0n) is 9.75. The molecule has 1 aliphatic rings. The third-order valence-corrected chi connectivity index (χ3v) is 2.67. The lowest BCUT2D eigenvalue weighted by atomic mass is 10.1. The molecule has 0 heterocycles. The topological polar surface area (TPSA) is 38.0 Å². The third kappa shape index (κ3) is 2.72. The fraction of sp³-hybridized carbons (Fsp3) is 0.538. The summed E-state index contributed by atoms with van der Waals surface area (Å²) < 4.78 is 0. The highest BCUT2D eigenvalue weighted by molar-refractivity contribution is 5.49. The lowest BCUT2D eigenvalue weighted by molar-refractivity contribution is 0.634. The van der Waals surface area contributed by atoms with Gasteiger partial charge in [-0.15, -0.1) is 0 Å². The lowest BCUT2D eigenvalue weighted by Crippen LogP contribution is -2.26. The van der Waals surface area contributed by atoms with Crippen LogP contribution in [0.3, 0.4) is 0 Å². The minimum absolute atomic E-state index is 0.115. The molecule has 0 saturated heterocycles. The quantitative estimate of drug-likeness (QED) is 0.777. The van der Waals surface area contributed by atoms with Crippen molar-refractivity contribution in [2.24, 2.45) is 5.73 Å². The highest BCUT2D eigenvalue weighted by Crippen LogP contribution is 2.39. The van der Waals surface area contributed by atoms with Gasteiger partial charge in [-0.05, 0) is 44.9 Å². The van der Waals surface area contributed by atoms with Crippen molar-refractivity contribution in [2.45, 2.75) is 44.7 Å². The molecule has 3 N–H and O–H groups in total. The number of hydrogen-bond acceptors (Lipinski definition) is 2. The molecule has 1 aliphatic carbocycles. The van der Waals surface area contributed by atoms with Crippen molar-refractivity contribution in [3.63, 3.8) is 0 Å². The van der Waals surface area contributed by atoms with Crippen LogP contribution in [0.4, 0.5) is 5.69 Å². The Morgan fingerprint density at radius 2 is 2.00 bits per heavy atom. The number of benzene rings is 1. The van der Waals surface area contributed by atoms with Gasteiger partial charge in [-0.1, -0.05) is 12.1 Å². The fourth-order valence-corrected chi connectivity index (χ4v) is 1.88. The zero-order valence-corrected chi connectivity index (χ0v) is 9.75. The van der Waals surface area contributed by atoms with E-state index in [0.717, 1.165) is 6.42 Å². The smallest absolute Gasteiger partial charge is 0.0347 e. The Balaban J connectivity index is 2.13. The molecule has 0 bridgehead atoms. The lowest BCUT2D eigenvalue weighted by Gasteiger charge is -2.22. The monoisotopic (exact) mass is 204 g/mol. The van der Waals surface area contributed by atoms with Crippen LogP contribution in [-0.4, -0.2) is 11.6 Å². The highest BCUT2D eigenvalue weighted by atomic mass is 14.9. The predicted octanol–water partition coefficient (Wildman–Crippen LogP) is 2.71. The highest BCUT2D eigenvalue weighted by Gasteiger charge is 2.34. The normalized spacial score (nSPS) is 25.1. The van der Waals surface area contributed by atoms with Crippen LogP contribution in [0.25, 0.3) is 0 Å². The van der Waals surface area contributed by atoms with E-state index >= 15 is 0 Å². The standard InChI is InChI=1S/C13H20N2/c1-13(2,3)15-10-6-4-5-9(7-10)11-8-12(11)14/h4-7,11-12,15H,8,14H2,1-3H3/t11-,12?/m0/s1. The molecule has 1 aromatic carbocycles. The Morgan fingerprint density at radius 3 is 2.53 bits per heavy atom. The molecular formula is C13H20N2. The molecule has 1 unspecified atom stereocenters. The van der Waals surface area contributed by atoms with Crippen molar-refractivity contribution in [1.82, 2.24) is 0 Å². The first-order valence-corrected chi connectivity index (χ1v) is 5.59. The fourth-order valence-electron chi connectivity index (χ4n) is 1.88. The van der Waals surface area contributed by atoms with E-state index in [0.29, 0.717) is 12.0 Å². The van der Waals surface area contributed by atoms with E-state index in [-0.39, 0.29) is 5.54 Å². The summed E-state index contributed by atoms with van der Waals surface area (Å²) in [5.41, 5.74) is 8.54. The Bertz CT molecular complexity index is 352. The van der Waals surface area contributed by atoms with Crippen LogP contribution in [0.2, 0.25) is 0 Å². The van der Waals surface area contributed by atoms with E-state index in [1.807, 2.05) is 0 Å². The Morgan fingerprint density at radius 1 is 1.33 bits per heavy atom. The van der Waals surface area contributed by atoms with Crippen molar-refractivity contribution >= 4 is 5.69 Å². The van der Waals surface area contributed by atoms with E-state index in [4.69, 9.17) is 5.73 Å². The van der Waals surface area contributed by atoms with E-state index in [1.54, 1.807) is 0 Å². The van der Waals surface area contributed by atoms with Crippen LogP contribution in [0.1, 0.15) is 38.7 Å². The Kier molecular flexibility index (Phi) is 2.47. The molecule has 2 heteroatoms. The molecule has 0 aliphatic heterocycles. The predicted molar refractivity (Wildman–Crippen MR) is 65.2 cm³/mol. The van der Waals surface area contributed by atoms with Gasteiger partial charge in [-0.25, -0.2) is 0 Å². The summed E-state index contributed by atoms with van der Waals surface area (Å²) in [6.45, 7) is 6.51. The Labute approximate surface area is 91.9 Å². The van der Waals surface area contributed by atoms with Gasteiger partial charge in [0.25, 0.3) is 0 Å². The molecule has 2 nitrogen and oxygen atoms in total. The first kappa shape index (κ1) is 10.5. The average molecular weight is 204 g/mol. The number of hydrogen-bond donors (Lipinski definition) is 2. The number of anilines is 1. The van der Waals surface area contributed by atoms with Gasteiger partial charge in [0.2, 0.25) is 0 Å². The summed E-state index contributed by atoms with van der Waals surface area (Å²) in [5.74, 6) is 0.590. The second-order valence-corrected chi connectivity index (χ2v) is 5.51. The van der Waals surface area contributed by atoms with Crippen molar-refractivity contribution in [3.8, 4) is 0 Å². The Hall–Kier alpha value is -1.02. The number of nitrogens with two attached hydrogens (primary N) is 1. The molecule has 0 aromatic heterocycles.